The number of halogens is 1. The lowest BCUT2D eigenvalue weighted by Gasteiger charge is -2.26. The Labute approximate surface area is 121 Å². The summed E-state index contributed by atoms with van der Waals surface area (Å²) in [5.41, 5.74) is 0. The van der Waals surface area contributed by atoms with E-state index in [1.54, 1.807) is 25.1 Å². The van der Waals surface area contributed by atoms with Gasteiger partial charge in [-0.1, -0.05) is 19.1 Å². The fourth-order valence-electron chi connectivity index (χ4n) is 1.59. The Balaban J connectivity index is 3.27. The van der Waals surface area contributed by atoms with Gasteiger partial charge in [0.15, 0.2) is 0 Å². The monoisotopic (exact) mass is 349 g/mol. The molecule has 0 bridgehead atoms. The quantitative estimate of drug-likeness (QED) is 0.855. The van der Waals surface area contributed by atoms with Crippen LogP contribution in [-0.2, 0) is 14.8 Å². The van der Waals surface area contributed by atoms with E-state index in [0.717, 1.165) is 4.31 Å². The van der Waals surface area contributed by atoms with Crippen LogP contribution in [0.4, 0.5) is 0 Å². The fraction of sp³-hybridized carbons (Fsp3) is 0.417. The zero-order chi connectivity index (χ0) is 14.6. The highest BCUT2D eigenvalue weighted by atomic mass is 79.9. The molecule has 106 valence electrons. The average molecular weight is 350 g/mol. The zero-order valence-electron chi connectivity index (χ0n) is 10.7. The lowest BCUT2D eigenvalue weighted by atomic mass is 10.2. The summed E-state index contributed by atoms with van der Waals surface area (Å²) in [4.78, 5) is 11.0. The Morgan fingerprint density at radius 3 is 2.47 bits per heavy atom. The van der Waals surface area contributed by atoms with Crippen molar-refractivity contribution in [2.45, 2.75) is 31.2 Å². The standard InChI is InChI=1S/C12H16BrNO4S/c1-3-9(2)14(8-12(15)16)19(17,18)11-7-5-4-6-10(11)13/h4-7,9H,3,8H2,1-2H3,(H,15,16)/t9-/m1/s1. The van der Waals surface area contributed by atoms with Gasteiger partial charge in [0.1, 0.15) is 6.54 Å². The van der Waals surface area contributed by atoms with Crippen molar-refractivity contribution < 1.29 is 18.3 Å². The van der Waals surface area contributed by atoms with Gasteiger partial charge in [-0.05, 0) is 41.4 Å². The second kappa shape index (κ2) is 6.49. The Morgan fingerprint density at radius 2 is 2.00 bits per heavy atom. The first-order valence-electron chi connectivity index (χ1n) is 5.78. The van der Waals surface area contributed by atoms with Crippen molar-refractivity contribution in [1.29, 1.82) is 0 Å². The van der Waals surface area contributed by atoms with E-state index in [2.05, 4.69) is 15.9 Å². The summed E-state index contributed by atoms with van der Waals surface area (Å²) in [6.45, 7) is 2.96. The van der Waals surface area contributed by atoms with E-state index in [1.807, 2.05) is 6.92 Å². The van der Waals surface area contributed by atoms with E-state index in [1.165, 1.54) is 6.07 Å². The van der Waals surface area contributed by atoms with Crippen molar-refractivity contribution in [2.75, 3.05) is 6.54 Å². The molecule has 1 aromatic rings. The summed E-state index contributed by atoms with van der Waals surface area (Å²) in [5, 5.41) is 8.89. The maximum atomic E-state index is 12.5. The summed E-state index contributed by atoms with van der Waals surface area (Å²) >= 11 is 3.18. The summed E-state index contributed by atoms with van der Waals surface area (Å²) in [6.07, 6.45) is 0.539. The van der Waals surface area contributed by atoms with Crippen molar-refractivity contribution >= 4 is 31.9 Å². The van der Waals surface area contributed by atoms with E-state index in [0.29, 0.717) is 10.9 Å². The van der Waals surface area contributed by atoms with E-state index in [9.17, 15) is 13.2 Å². The smallest absolute Gasteiger partial charge is 0.318 e. The topological polar surface area (TPSA) is 74.7 Å². The number of rotatable bonds is 6. The summed E-state index contributed by atoms with van der Waals surface area (Å²) in [7, 11) is -3.83. The van der Waals surface area contributed by atoms with E-state index < -0.39 is 22.5 Å². The van der Waals surface area contributed by atoms with Crippen molar-refractivity contribution in [3.63, 3.8) is 0 Å². The third-order valence-corrected chi connectivity index (χ3v) is 5.77. The Kier molecular flexibility index (Phi) is 5.51. The number of nitrogens with zero attached hydrogens (tertiary/aromatic N) is 1. The van der Waals surface area contributed by atoms with Crippen LogP contribution in [0.1, 0.15) is 20.3 Å². The van der Waals surface area contributed by atoms with Gasteiger partial charge in [0, 0.05) is 10.5 Å². The average Bonchev–Trinajstić information content (AvgIpc) is 2.35. The van der Waals surface area contributed by atoms with Crippen molar-refractivity contribution in [3.8, 4) is 0 Å². The van der Waals surface area contributed by atoms with Gasteiger partial charge in [0.25, 0.3) is 0 Å². The molecule has 0 unspecified atom stereocenters. The molecule has 1 aromatic carbocycles. The first kappa shape index (κ1) is 16.1. The lowest BCUT2D eigenvalue weighted by molar-refractivity contribution is -0.137. The molecule has 0 aliphatic rings. The number of benzene rings is 1. The molecule has 0 spiro atoms. The molecule has 0 saturated heterocycles. The van der Waals surface area contributed by atoms with Gasteiger partial charge >= 0.3 is 5.97 Å². The molecule has 1 N–H and O–H groups in total. The Bertz CT molecular complexity index is 559. The molecule has 1 atom stereocenters. The maximum Gasteiger partial charge on any atom is 0.318 e. The third-order valence-electron chi connectivity index (χ3n) is 2.80. The summed E-state index contributed by atoms with van der Waals surface area (Å²) in [5.74, 6) is -1.17. The second-order valence-corrected chi connectivity index (χ2v) is 6.85. The fourth-order valence-corrected chi connectivity index (χ4v) is 4.21. The van der Waals surface area contributed by atoms with Gasteiger partial charge < -0.3 is 5.11 Å². The largest absolute Gasteiger partial charge is 0.480 e. The molecule has 1 rings (SSSR count). The van der Waals surface area contributed by atoms with Gasteiger partial charge in [-0.25, -0.2) is 8.42 Å². The van der Waals surface area contributed by atoms with Gasteiger partial charge in [-0.3, -0.25) is 4.79 Å². The van der Waals surface area contributed by atoms with Gasteiger partial charge in [-0.2, -0.15) is 4.31 Å². The van der Waals surface area contributed by atoms with Crippen LogP contribution in [0.25, 0.3) is 0 Å². The molecule has 0 aliphatic heterocycles. The zero-order valence-corrected chi connectivity index (χ0v) is 13.1. The molecule has 19 heavy (non-hydrogen) atoms. The van der Waals surface area contributed by atoms with Gasteiger partial charge in [0.05, 0.1) is 4.90 Å². The molecule has 0 fully saturated rings. The van der Waals surface area contributed by atoms with Crippen molar-refractivity contribution in [3.05, 3.63) is 28.7 Å². The van der Waals surface area contributed by atoms with Crippen LogP contribution in [0.3, 0.4) is 0 Å². The molecule has 7 heteroatoms. The van der Waals surface area contributed by atoms with Crippen LogP contribution >= 0.6 is 15.9 Å². The van der Waals surface area contributed by atoms with Crippen LogP contribution in [0.15, 0.2) is 33.6 Å². The highest BCUT2D eigenvalue weighted by molar-refractivity contribution is 9.10. The highest BCUT2D eigenvalue weighted by Gasteiger charge is 2.31. The van der Waals surface area contributed by atoms with Crippen molar-refractivity contribution in [2.24, 2.45) is 0 Å². The molecule has 0 saturated carbocycles. The predicted molar refractivity (Wildman–Crippen MR) is 75.4 cm³/mol. The predicted octanol–water partition coefficient (Wildman–Crippen LogP) is 2.32. The minimum atomic E-state index is -3.83. The Morgan fingerprint density at radius 1 is 1.42 bits per heavy atom. The number of sulfonamides is 1. The first-order valence-corrected chi connectivity index (χ1v) is 8.02. The molecular weight excluding hydrogens is 334 g/mol. The van der Waals surface area contributed by atoms with Crippen LogP contribution in [-0.4, -0.2) is 36.4 Å². The van der Waals surface area contributed by atoms with Crippen LogP contribution in [0, 0.1) is 0 Å². The van der Waals surface area contributed by atoms with Crippen LogP contribution in [0.5, 0.6) is 0 Å². The number of carbonyl (C=O) groups is 1. The lowest BCUT2D eigenvalue weighted by Crippen LogP contribution is -2.41. The van der Waals surface area contributed by atoms with E-state index in [4.69, 9.17) is 5.11 Å². The molecule has 0 aliphatic carbocycles. The highest BCUT2D eigenvalue weighted by Crippen LogP contribution is 2.26. The van der Waals surface area contributed by atoms with Crippen molar-refractivity contribution in [1.82, 2.24) is 4.31 Å². The minimum absolute atomic E-state index is 0.0801. The maximum absolute atomic E-state index is 12.5. The molecule has 0 amide bonds. The molecular formula is C12H16BrNO4S. The first-order chi connectivity index (χ1) is 8.80. The third kappa shape index (κ3) is 3.77. The number of hydrogen-bond donors (Lipinski definition) is 1. The summed E-state index contributed by atoms with van der Waals surface area (Å²) < 4.78 is 26.5. The second-order valence-electron chi connectivity index (χ2n) is 4.13. The van der Waals surface area contributed by atoms with Crippen LogP contribution < -0.4 is 0 Å². The van der Waals surface area contributed by atoms with Gasteiger partial charge in [-0.15, -0.1) is 0 Å². The molecule has 0 radical (unpaired) electrons. The SMILES string of the molecule is CC[C@@H](C)N(CC(=O)O)S(=O)(=O)c1ccccc1Br. The number of hydrogen-bond acceptors (Lipinski definition) is 3. The number of aliphatic carboxylic acids is 1. The molecule has 0 aromatic heterocycles. The normalized spacial score (nSPS) is 13.5. The summed E-state index contributed by atoms with van der Waals surface area (Å²) in [6, 6.07) is 5.99. The number of carboxylic acid groups (broad SMARTS) is 1. The van der Waals surface area contributed by atoms with E-state index in [-0.39, 0.29) is 10.9 Å². The molecule has 0 heterocycles. The Hall–Kier alpha value is -0.920. The van der Waals surface area contributed by atoms with Gasteiger partial charge in [0.2, 0.25) is 10.0 Å². The number of carboxylic acids is 1. The van der Waals surface area contributed by atoms with E-state index >= 15 is 0 Å². The minimum Gasteiger partial charge on any atom is -0.480 e. The molecule has 5 nitrogen and oxygen atoms in total. The van der Waals surface area contributed by atoms with Crippen LogP contribution in [0.2, 0.25) is 0 Å².